The van der Waals surface area contributed by atoms with Gasteiger partial charge in [-0.25, -0.2) is 9.59 Å². The Morgan fingerprint density at radius 3 is 2.61 bits per heavy atom. The number of fused-ring (bicyclic) bond motifs is 6. The van der Waals surface area contributed by atoms with E-state index >= 15 is 0 Å². The van der Waals surface area contributed by atoms with Gasteiger partial charge in [0.1, 0.15) is 11.5 Å². The highest BCUT2D eigenvalue weighted by Crippen LogP contribution is 2.63. The fraction of sp³-hybridized carbons (Fsp3) is 0.304. The molecule has 0 aliphatic heterocycles. The number of hydrogen-bond donors (Lipinski definition) is 0. The van der Waals surface area contributed by atoms with Crippen molar-refractivity contribution in [3.05, 3.63) is 59.2 Å². The molecule has 144 valence electrons. The van der Waals surface area contributed by atoms with Crippen LogP contribution in [0.3, 0.4) is 0 Å². The lowest BCUT2D eigenvalue weighted by molar-refractivity contribution is -0.130. The van der Waals surface area contributed by atoms with Gasteiger partial charge in [-0.2, -0.15) is 0 Å². The van der Waals surface area contributed by atoms with Crippen molar-refractivity contribution in [3.8, 4) is 11.5 Å². The van der Waals surface area contributed by atoms with Crippen molar-refractivity contribution in [1.82, 2.24) is 0 Å². The Hall–Kier alpha value is -2.59. The average molecular weight is 397 g/mol. The Bertz CT molecular complexity index is 1050. The van der Waals surface area contributed by atoms with Crippen molar-refractivity contribution in [3.63, 3.8) is 0 Å². The molecule has 4 nitrogen and oxygen atoms in total. The van der Waals surface area contributed by atoms with E-state index in [0.29, 0.717) is 38.8 Å². The number of ether oxygens (including phenoxy) is 2. The summed E-state index contributed by atoms with van der Waals surface area (Å²) in [5.41, 5.74) is 2.21. The van der Waals surface area contributed by atoms with Crippen LogP contribution < -0.4 is 9.47 Å². The standard InChI is InChI=1S/C23H21ClO4/c1-5-17(25)27-22-19-14(7-6-8-16(19)24)21(28-23(26)11(2)3)18-13-9-12(4)15(10-13)20(18)22/h5-8,12-13,15H,1-2,9-10H2,3-4H3. The number of benzene rings is 2. The van der Waals surface area contributed by atoms with Crippen molar-refractivity contribution >= 4 is 34.3 Å². The molecule has 2 aliphatic carbocycles. The summed E-state index contributed by atoms with van der Waals surface area (Å²) in [5, 5.41) is 1.69. The van der Waals surface area contributed by atoms with Crippen LogP contribution in [0.4, 0.5) is 0 Å². The van der Waals surface area contributed by atoms with Crippen molar-refractivity contribution in [2.75, 3.05) is 0 Å². The lowest BCUT2D eigenvalue weighted by Crippen LogP contribution is -2.16. The molecule has 0 aromatic heterocycles. The van der Waals surface area contributed by atoms with Crippen LogP contribution in [0.25, 0.3) is 10.8 Å². The van der Waals surface area contributed by atoms with Crippen molar-refractivity contribution in [1.29, 1.82) is 0 Å². The lowest BCUT2D eigenvalue weighted by atomic mass is 9.82. The third-order valence-corrected chi connectivity index (χ3v) is 6.15. The maximum Gasteiger partial charge on any atom is 0.338 e. The minimum absolute atomic E-state index is 0.232. The van der Waals surface area contributed by atoms with Gasteiger partial charge in [-0.1, -0.05) is 43.8 Å². The normalized spacial score (nSPS) is 22.0. The minimum atomic E-state index is -0.537. The van der Waals surface area contributed by atoms with Gasteiger partial charge in [-0.05, 0) is 43.6 Å². The molecule has 2 aromatic carbocycles. The van der Waals surface area contributed by atoms with Crippen LogP contribution in [0.2, 0.25) is 5.02 Å². The zero-order valence-electron chi connectivity index (χ0n) is 15.9. The zero-order valence-corrected chi connectivity index (χ0v) is 16.6. The van der Waals surface area contributed by atoms with Crippen molar-refractivity contribution < 1.29 is 19.1 Å². The molecule has 2 bridgehead atoms. The topological polar surface area (TPSA) is 52.6 Å². The van der Waals surface area contributed by atoms with Gasteiger partial charge >= 0.3 is 11.9 Å². The van der Waals surface area contributed by atoms with E-state index in [2.05, 4.69) is 20.1 Å². The molecule has 0 heterocycles. The Balaban J connectivity index is 2.07. The first-order valence-electron chi connectivity index (χ1n) is 9.33. The largest absolute Gasteiger partial charge is 0.422 e. The summed E-state index contributed by atoms with van der Waals surface area (Å²) in [7, 11) is 0. The van der Waals surface area contributed by atoms with Gasteiger partial charge in [-0.3, -0.25) is 0 Å². The molecule has 28 heavy (non-hydrogen) atoms. The minimum Gasteiger partial charge on any atom is -0.422 e. The summed E-state index contributed by atoms with van der Waals surface area (Å²) in [4.78, 5) is 24.5. The fourth-order valence-electron chi connectivity index (χ4n) is 4.67. The second-order valence-corrected chi connectivity index (χ2v) is 8.10. The molecule has 1 saturated carbocycles. The molecule has 2 aliphatic rings. The monoisotopic (exact) mass is 396 g/mol. The third kappa shape index (κ3) is 2.75. The summed E-state index contributed by atoms with van der Waals surface area (Å²) < 4.78 is 11.5. The molecule has 0 N–H and O–H groups in total. The van der Waals surface area contributed by atoms with Crippen LogP contribution >= 0.6 is 11.6 Å². The summed E-state index contributed by atoms with van der Waals surface area (Å²) in [6, 6.07) is 5.37. The molecular formula is C23H21ClO4. The number of hydrogen-bond acceptors (Lipinski definition) is 4. The molecule has 3 atom stereocenters. The van der Waals surface area contributed by atoms with Gasteiger partial charge in [0.15, 0.2) is 0 Å². The van der Waals surface area contributed by atoms with E-state index in [1.165, 1.54) is 0 Å². The molecule has 4 rings (SSSR count). The molecule has 0 spiro atoms. The van der Waals surface area contributed by atoms with Gasteiger partial charge in [0, 0.05) is 33.5 Å². The maximum absolute atomic E-state index is 12.4. The Morgan fingerprint density at radius 2 is 1.93 bits per heavy atom. The predicted molar refractivity (Wildman–Crippen MR) is 109 cm³/mol. The number of carbonyl (C=O) groups excluding carboxylic acids is 2. The first-order chi connectivity index (χ1) is 13.3. The van der Waals surface area contributed by atoms with Crippen LogP contribution in [0, 0.1) is 5.92 Å². The van der Waals surface area contributed by atoms with Crippen molar-refractivity contribution in [2.24, 2.45) is 5.92 Å². The molecule has 1 fully saturated rings. The van der Waals surface area contributed by atoms with E-state index < -0.39 is 11.9 Å². The van der Waals surface area contributed by atoms with E-state index in [9.17, 15) is 9.59 Å². The predicted octanol–water partition coefficient (Wildman–Crippen LogP) is 5.68. The quantitative estimate of drug-likeness (QED) is 0.379. The number of halogens is 1. The molecule has 0 amide bonds. The highest BCUT2D eigenvalue weighted by molar-refractivity contribution is 6.36. The molecule has 0 radical (unpaired) electrons. The average Bonchev–Trinajstić information content (AvgIpc) is 3.21. The van der Waals surface area contributed by atoms with Crippen LogP contribution in [-0.2, 0) is 9.59 Å². The highest BCUT2D eigenvalue weighted by atomic mass is 35.5. The van der Waals surface area contributed by atoms with Crippen LogP contribution in [0.5, 0.6) is 11.5 Å². The van der Waals surface area contributed by atoms with Gasteiger partial charge in [0.25, 0.3) is 0 Å². The number of carbonyl (C=O) groups is 2. The summed E-state index contributed by atoms with van der Waals surface area (Å²) in [6.07, 6.45) is 3.09. The highest BCUT2D eigenvalue weighted by Gasteiger charge is 2.47. The number of rotatable bonds is 4. The first-order valence-corrected chi connectivity index (χ1v) is 9.71. The molecule has 3 unspecified atom stereocenters. The molecule has 2 aromatic rings. The van der Waals surface area contributed by atoms with E-state index in [1.807, 2.05) is 6.07 Å². The van der Waals surface area contributed by atoms with Crippen molar-refractivity contribution in [2.45, 2.75) is 38.5 Å². The molecular weight excluding hydrogens is 376 g/mol. The second-order valence-electron chi connectivity index (χ2n) is 7.70. The van der Waals surface area contributed by atoms with Crippen LogP contribution in [0.15, 0.2) is 43.0 Å². The number of esters is 2. The Labute approximate surface area is 168 Å². The zero-order chi connectivity index (χ0) is 20.2. The Kier molecular flexibility index (Phi) is 4.54. The van der Waals surface area contributed by atoms with Gasteiger partial charge in [-0.15, -0.1) is 0 Å². The fourth-order valence-corrected chi connectivity index (χ4v) is 4.93. The van der Waals surface area contributed by atoms with Gasteiger partial charge in [0.2, 0.25) is 0 Å². The molecule has 0 saturated heterocycles. The summed E-state index contributed by atoms with van der Waals surface area (Å²) >= 11 is 6.52. The SMILES string of the molecule is C=CC(=O)Oc1c2c(c(OC(=O)C(=C)C)c3cccc(Cl)c13)C1CC(C)C2C1. The summed E-state index contributed by atoms with van der Waals surface area (Å²) in [5.74, 6) is 0.903. The van der Waals surface area contributed by atoms with Crippen LogP contribution in [0.1, 0.15) is 49.7 Å². The van der Waals surface area contributed by atoms with E-state index in [-0.39, 0.29) is 11.8 Å². The lowest BCUT2D eigenvalue weighted by Gasteiger charge is -2.27. The summed E-state index contributed by atoms with van der Waals surface area (Å²) in [6.45, 7) is 11.0. The maximum atomic E-state index is 12.4. The van der Waals surface area contributed by atoms with Gasteiger partial charge < -0.3 is 9.47 Å². The first kappa shape index (κ1) is 18.8. The smallest absolute Gasteiger partial charge is 0.338 e. The van der Waals surface area contributed by atoms with E-state index in [0.717, 1.165) is 30.0 Å². The second kappa shape index (κ2) is 6.78. The van der Waals surface area contributed by atoms with E-state index in [1.54, 1.807) is 19.1 Å². The molecule has 5 heteroatoms. The Morgan fingerprint density at radius 1 is 1.18 bits per heavy atom. The third-order valence-electron chi connectivity index (χ3n) is 5.84. The van der Waals surface area contributed by atoms with E-state index in [4.69, 9.17) is 21.1 Å². The van der Waals surface area contributed by atoms with Crippen LogP contribution in [-0.4, -0.2) is 11.9 Å². The van der Waals surface area contributed by atoms with Gasteiger partial charge in [0.05, 0.1) is 5.02 Å².